The molecule has 1 aromatic rings. The fourth-order valence-electron chi connectivity index (χ4n) is 2.71. The molecule has 1 atom stereocenters. The third-order valence-electron chi connectivity index (χ3n) is 4.28. The van der Waals surface area contributed by atoms with Gasteiger partial charge < -0.3 is 35.9 Å². The number of nitrogens with two attached hydrogens (primary N) is 1. The van der Waals surface area contributed by atoms with Gasteiger partial charge in [-0.3, -0.25) is 19.7 Å². The second-order valence-corrected chi connectivity index (χ2v) is 8.44. The first-order chi connectivity index (χ1) is 16.6. The Labute approximate surface area is 205 Å². The van der Waals surface area contributed by atoms with E-state index in [1.165, 1.54) is 7.05 Å². The molecule has 12 nitrogen and oxygen atoms in total. The molecule has 0 aromatic heterocycles. The summed E-state index contributed by atoms with van der Waals surface area (Å²) in [6.45, 7) is 6.54. The monoisotopic (exact) mass is 495 g/mol. The molecule has 0 bridgehead atoms. The van der Waals surface area contributed by atoms with Crippen molar-refractivity contribution in [2.75, 3.05) is 51.9 Å². The summed E-state index contributed by atoms with van der Waals surface area (Å²) in [5.41, 5.74) is 5.53. The Morgan fingerprint density at radius 3 is 2.26 bits per heavy atom. The third kappa shape index (κ3) is 13.3. The Morgan fingerprint density at radius 2 is 1.66 bits per heavy atom. The molecule has 0 aliphatic rings. The normalized spacial score (nSPS) is 11.8. The summed E-state index contributed by atoms with van der Waals surface area (Å²) >= 11 is 0. The maximum Gasteiger partial charge on any atom is 0.412 e. The van der Waals surface area contributed by atoms with Gasteiger partial charge in [-0.1, -0.05) is 0 Å². The highest BCUT2D eigenvalue weighted by atomic mass is 16.6. The summed E-state index contributed by atoms with van der Waals surface area (Å²) in [6.07, 6.45) is -0.419. The van der Waals surface area contributed by atoms with Crippen molar-refractivity contribution >= 4 is 29.5 Å². The second kappa shape index (κ2) is 15.6. The molecule has 0 heterocycles. The molecule has 6 N–H and O–H groups in total. The van der Waals surface area contributed by atoms with E-state index in [0.717, 1.165) is 0 Å². The largest absolute Gasteiger partial charge is 0.444 e. The first kappa shape index (κ1) is 29.8. The average Bonchev–Trinajstić information content (AvgIpc) is 2.79. The van der Waals surface area contributed by atoms with Crippen LogP contribution in [0.2, 0.25) is 0 Å². The third-order valence-corrected chi connectivity index (χ3v) is 4.28. The van der Waals surface area contributed by atoms with Crippen LogP contribution >= 0.6 is 0 Å². The van der Waals surface area contributed by atoms with Gasteiger partial charge in [-0.05, 0) is 51.5 Å². The van der Waals surface area contributed by atoms with Crippen molar-refractivity contribution in [1.82, 2.24) is 16.0 Å². The minimum Gasteiger partial charge on any atom is -0.444 e. The molecule has 12 heteroatoms. The number of hydrogen-bond donors (Lipinski definition) is 5. The lowest BCUT2D eigenvalue weighted by atomic mass is 10.1. The Balaban J connectivity index is 2.47. The highest BCUT2D eigenvalue weighted by Gasteiger charge is 2.20. The first-order valence-electron chi connectivity index (χ1n) is 11.3. The molecule has 0 saturated carbocycles. The van der Waals surface area contributed by atoms with Gasteiger partial charge in [-0.25, -0.2) is 4.79 Å². The van der Waals surface area contributed by atoms with E-state index in [0.29, 0.717) is 31.0 Å². The zero-order valence-electron chi connectivity index (χ0n) is 20.8. The van der Waals surface area contributed by atoms with Crippen molar-refractivity contribution in [2.24, 2.45) is 5.73 Å². The number of likely N-dealkylation sites (N-methyl/N-ethyl adjacent to an activating group) is 1. The van der Waals surface area contributed by atoms with E-state index in [-0.39, 0.29) is 32.1 Å². The van der Waals surface area contributed by atoms with E-state index in [1.807, 2.05) is 0 Å². The second-order valence-electron chi connectivity index (χ2n) is 8.44. The number of carbonyl (C=O) groups excluding carboxylic acids is 4. The Bertz CT molecular complexity index is 825. The average molecular weight is 496 g/mol. The predicted octanol–water partition coefficient (Wildman–Crippen LogP) is 0.376. The van der Waals surface area contributed by atoms with Crippen molar-refractivity contribution < 1.29 is 33.4 Å². The summed E-state index contributed by atoms with van der Waals surface area (Å²) in [7, 11) is 1.46. The molecule has 1 aromatic carbocycles. The van der Waals surface area contributed by atoms with Crippen LogP contribution in [0.15, 0.2) is 24.3 Å². The molecule has 0 aliphatic carbocycles. The summed E-state index contributed by atoms with van der Waals surface area (Å²) in [5.74, 6) is -1.22. The molecule has 0 saturated heterocycles. The number of rotatable bonds is 14. The van der Waals surface area contributed by atoms with Gasteiger partial charge in [0.25, 0.3) is 5.91 Å². The van der Waals surface area contributed by atoms with Gasteiger partial charge >= 0.3 is 6.09 Å². The number of carbonyl (C=O) groups is 4. The molecule has 1 rings (SSSR count). The molecule has 196 valence electrons. The van der Waals surface area contributed by atoms with E-state index in [9.17, 15) is 19.2 Å². The topological polar surface area (TPSA) is 170 Å². The van der Waals surface area contributed by atoms with Gasteiger partial charge in [0.2, 0.25) is 11.8 Å². The molecule has 0 aliphatic heterocycles. The maximum absolute atomic E-state index is 12.4. The van der Waals surface area contributed by atoms with Gasteiger partial charge in [-0.15, -0.1) is 0 Å². The Morgan fingerprint density at radius 1 is 1.00 bits per heavy atom. The zero-order chi connectivity index (χ0) is 26.3. The molecular weight excluding hydrogens is 458 g/mol. The standard InChI is InChI=1S/C23H37N5O7/c1-23(2,3)35-22(32)27-17-7-5-16(6-8-17)20(30)26-11-9-18(21(31)25-4)28-19(29)15-34-14-13-33-12-10-24/h5-8,18H,9-15,24H2,1-4H3,(H,25,31)(H,26,30)(H,27,32)(H,28,29). The van der Waals surface area contributed by atoms with Crippen LogP contribution in [0.5, 0.6) is 0 Å². The number of anilines is 1. The number of nitrogens with one attached hydrogen (secondary N) is 4. The molecule has 0 fully saturated rings. The maximum atomic E-state index is 12.4. The Kier molecular flexibility index (Phi) is 13.3. The summed E-state index contributed by atoms with van der Waals surface area (Å²) in [5, 5.41) is 10.4. The number of amides is 4. The van der Waals surface area contributed by atoms with Crippen LogP contribution in [0.4, 0.5) is 10.5 Å². The molecule has 4 amide bonds. The summed E-state index contributed by atoms with van der Waals surface area (Å²) in [6, 6.07) is 5.41. The Hall–Kier alpha value is -3.22. The quantitative estimate of drug-likeness (QED) is 0.231. The number of ether oxygens (including phenoxy) is 3. The van der Waals surface area contributed by atoms with Crippen LogP contribution < -0.4 is 27.0 Å². The van der Waals surface area contributed by atoms with Gasteiger partial charge in [0.15, 0.2) is 0 Å². The van der Waals surface area contributed by atoms with Crippen LogP contribution in [0.1, 0.15) is 37.6 Å². The smallest absolute Gasteiger partial charge is 0.412 e. The molecule has 0 radical (unpaired) electrons. The van der Waals surface area contributed by atoms with Crippen molar-refractivity contribution in [3.63, 3.8) is 0 Å². The van der Waals surface area contributed by atoms with E-state index in [1.54, 1.807) is 45.0 Å². The number of hydrogen-bond acceptors (Lipinski definition) is 8. The van der Waals surface area contributed by atoms with Crippen molar-refractivity contribution in [3.05, 3.63) is 29.8 Å². The van der Waals surface area contributed by atoms with Crippen molar-refractivity contribution in [3.8, 4) is 0 Å². The minimum atomic E-state index is -0.842. The van der Waals surface area contributed by atoms with Gasteiger partial charge in [0, 0.05) is 31.4 Å². The molecule has 1 unspecified atom stereocenters. The van der Waals surface area contributed by atoms with Crippen LogP contribution in [-0.4, -0.2) is 82.0 Å². The highest BCUT2D eigenvalue weighted by Crippen LogP contribution is 2.13. The van der Waals surface area contributed by atoms with E-state index in [2.05, 4.69) is 21.3 Å². The van der Waals surface area contributed by atoms with Crippen LogP contribution in [0.25, 0.3) is 0 Å². The van der Waals surface area contributed by atoms with Crippen LogP contribution in [0, 0.1) is 0 Å². The highest BCUT2D eigenvalue weighted by molar-refractivity contribution is 5.95. The van der Waals surface area contributed by atoms with Gasteiger partial charge in [-0.2, -0.15) is 0 Å². The van der Waals surface area contributed by atoms with E-state index >= 15 is 0 Å². The lowest BCUT2D eigenvalue weighted by molar-refractivity contribution is -0.131. The van der Waals surface area contributed by atoms with Crippen LogP contribution in [0.3, 0.4) is 0 Å². The summed E-state index contributed by atoms with van der Waals surface area (Å²) < 4.78 is 15.5. The predicted molar refractivity (Wildman–Crippen MR) is 130 cm³/mol. The first-order valence-corrected chi connectivity index (χ1v) is 11.3. The summed E-state index contributed by atoms with van der Waals surface area (Å²) in [4.78, 5) is 48.4. The lowest BCUT2D eigenvalue weighted by Crippen LogP contribution is -2.48. The SMILES string of the molecule is CNC(=O)C(CCNC(=O)c1ccc(NC(=O)OC(C)(C)C)cc1)NC(=O)COCCOCCN. The van der Waals surface area contributed by atoms with Crippen molar-refractivity contribution in [2.45, 2.75) is 38.8 Å². The fraction of sp³-hybridized carbons (Fsp3) is 0.565. The molecule has 0 spiro atoms. The zero-order valence-corrected chi connectivity index (χ0v) is 20.8. The minimum absolute atomic E-state index is 0.142. The van der Waals surface area contributed by atoms with Crippen LogP contribution in [-0.2, 0) is 23.8 Å². The molecular formula is C23H37N5O7. The van der Waals surface area contributed by atoms with E-state index < -0.39 is 29.6 Å². The van der Waals surface area contributed by atoms with Crippen molar-refractivity contribution in [1.29, 1.82) is 0 Å². The lowest BCUT2D eigenvalue weighted by Gasteiger charge is -2.19. The van der Waals surface area contributed by atoms with E-state index in [4.69, 9.17) is 19.9 Å². The van der Waals surface area contributed by atoms with Gasteiger partial charge in [0.1, 0.15) is 18.2 Å². The number of benzene rings is 1. The molecule has 35 heavy (non-hydrogen) atoms. The fourth-order valence-corrected chi connectivity index (χ4v) is 2.71. The van der Waals surface area contributed by atoms with Gasteiger partial charge in [0.05, 0.1) is 19.8 Å².